The van der Waals surface area contributed by atoms with Gasteiger partial charge in [-0.3, -0.25) is 9.59 Å². The molecule has 10 heteroatoms. The van der Waals surface area contributed by atoms with E-state index in [1.54, 1.807) is 55.7 Å². The predicted molar refractivity (Wildman–Crippen MR) is 127 cm³/mol. The highest BCUT2D eigenvalue weighted by Crippen LogP contribution is 2.22. The van der Waals surface area contributed by atoms with Crippen molar-refractivity contribution >= 4 is 34.3 Å². The first kappa shape index (κ1) is 22.3. The number of methoxy groups -OCH3 is 1. The number of hydrogen-bond acceptors (Lipinski definition) is 7. The fourth-order valence-corrected chi connectivity index (χ4v) is 4.09. The molecule has 4 aromatic rings. The van der Waals surface area contributed by atoms with Crippen LogP contribution in [0.15, 0.2) is 71.1 Å². The van der Waals surface area contributed by atoms with Gasteiger partial charge in [-0.05, 0) is 24.3 Å². The molecule has 0 atom stereocenters. The number of benzene rings is 2. The second kappa shape index (κ2) is 10.1. The number of rotatable bonds is 9. The van der Waals surface area contributed by atoms with Gasteiger partial charge in [-0.15, -0.1) is 16.8 Å². The first-order chi connectivity index (χ1) is 16.1. The molecule has 0 aliphatic heterocycles. The van der Waals surface area contributed by atoms with E-state index in [0.717, 1.165) is 0 Å². The Balaban J connectivity index is 1.47. The number of amides is 1. The van der Waals surface area contributed by atoms with E-state index in [0.29, 0.717) is 51.4 Å². The molecule has 33 heavy (non-hydrogen) atoms. The highest BCUT2D eigenvalue weighted by atomic mass is 32.2. The van der Waals surface area contributed by atoms with Crippen LogP contribution in [0, 0.1) is 0 Å². The number of carbonyl (C=O) groups excluding carboxylic acids is 1. The standard InChI is InChI=1S/C23H22N6O3S/c1-3-11-29-20(13-21(30)24-15-7-6-8-16(12-15)32-2)27-28-23(29)33-14-19-25-18-10-5-4-9-17(18)22(31)26-19/h3-10,12H,1,11,13-14H2,2H3,(H,24,30)(H,25,26,31). The molecule has 1 amide bonds. The number of nitrogens with zero attached hydrogens (tertiary/aromatic N) is 4. The molecule has 9 nitrogen and oxygen atoms in total. The quantitative estimate of drug-likeness (QED) is 0.290. The Hall–Kier alpha value is -3.92. The van der Waals surface area contributed by atoms with Crippen molar-refractivity contribution in [2.24, 2.45) is 0 Å². The molecule has 0 aliphatic carbocycles. The van der Waals surface area contributed by atoms with Crippen LogP contribution in [0.2, 0.25) is 0 Å². The summed E-state index contributed by atoms with van der Waals surface area (Å²) >= 11 is 1.37. The molecule has 2 aromatic heterocycles. The molecule has 0 bridgehead atoms. The summed E-state index contributed by atoms with van der Waals surface area (Å²) in [7, 11) is 1.57. The Labute approximate surface area is 193 Å². The van der Waals surface area contributed by atoms with Crippen LogP contribution in [-0.4, -0.2) is 37.7 Å². The van der Waals surface area contributed by atoms with E-state index in [1.807, 2.05) is 10.6 Å². The van der Waals surface area contributed by atoms with E-state index in [9.17, 15) is 9.59 Å². The molecule has 2 heterocycles. The van der Waals surface area contributed by atoms with E-state index in [2.05, 4.69) is 32.1 Å². The van der Waals surface area contributed by atoms with Crippen LogP contribution in [0.4, 0.5) is 5.69 Å². The Kier molecular flexibility index (Phi) is 6.84. The van der Waals surface area contributed by atoms with Crippen molar-refractivity contribution in [1.29, 1.82) is 0 Å². The largest absolute Gasteiger partial charge is 0.497 e. The Morgan fingerprint density at radius 3 is 2.91 bits per heavy atom. The maximum atomic E-state index is 12.6. The molecule has 0 aliphatic rings. The van der Waals surface area contributed by atoms with Crippen LogP contribution < -0.4 is 15.6 Å². The Morgan fingerprint density at radius 2 is 2.09 bits per heavy atom. The summed E-state index contributed by atoms with van der Waals surface area (Å²) in [5.41, 5.74) is 1.09. The third kappa shape index (κ3) is 5.29. The van der Waals surface area contributed by atoms with E-state index < -0.39 is 0 Å². The number of nitrogens with one attached hydrogen (secondary N) is 2. The number of anilines is 1. The van der Waals surface area contributed by atoms with Gasteiger partial charge in [-0.1, -0.05) is 36.0 Å². The summed E-state index contributed by atoms with van der Waals surface area (Å²) in [6, 6.07) is 14.3. The van der Waals surface area contributed by atoms with Gasteiger partial charge in [-0.2, -0.15) is 0 Å². The minimum Gasteiger partial charge on any atom is -0.497 e. The summed E-state index contributed by atoms with van der Waals surface area (Å²) in [5, 5.41) is 12.4. The van der Waals surface area contributed by atoms with Gasteiger partial charge in [-0.25, -0.2) is 4.98 Å². The van der Waals surface area contributed by atoms with Crippen molar-refractivity contribution in [2.45, 2.75) is 23.9 Å². The summed E-state index contributed by atoms with van der Waals surface area (Å²) in [6.07, 6.45) is 1.76. The normalized spacial score (nSPS) is 10.8. The number of aromatic nitrogens is 5. The van der Waals surface area contributed by atoms with Crippen LogP contribution in [0.1, 0.15) is 11.6 Å². The van der Waals surface area contributed by atoms with Crippen LogP contribution in [-0.2, 0) is 23.5 Å². The number of carbonyl (C=O) groups is 1. The molecular formula is C23H22N6O3S. The molecule has 0 spiro atoms. The maximum Gasteiger partial charge on any atom is 0.258 e. The number of allylic oxidation sites excluding steroid dienone is 1. The molecule has 0 saturated heterocycles. The smallest absolute Gasteiger partial charge is 0.258 e. The zero-order valence-electron chi connectivity index (χ0n) is 17.9. The van der Waals surface area contributed by atoms with Crippen molar-refractivity contribution in [1.82, 2.24) is 24.7 Å². The molecule has 0 saturated carbocycles. The minimum atomic E-state index is -0.224. The summed E-state index contributed by atoms with van der Waals surface area (Å²) in [5.74, 6) is 1.87. The third-order valence-electron chi connectivity index (χ3n) is 4.78. The van der Waals surface area contributed by atoms with Crippen LogP contribution in [0.25, 0.3) is 10.9 Å². The molecule has 2 aromatic carbocycles. The van der Waals surface area contributed by atoms with Crippen molar-refractivity contribution in [3.63, 3.8) is 0 Å². The number of hydrogen-bond donors (Lipinski definition) is 2. The van der Waals surface area contributed by atoms with Gasteiger partial charge in [0.2, 0.25) is 5.91 Å². The highest BCUT2D eigenvalue weighted by molar-refractivity contribution is 7.98. The SMILES string of the molecule is C=CCn1c(CC(=O)Nc2cccc(OC)c2)nnc1SCc1nc2ccccc2c(=O)[nH]1. The number of aromatic amines is 1. The van der Waals surface area contributed by atoms with Gasteiger partial charge in [0.05, 0.1) is 30.2 Å². The molecule has 4 rings (SSSR count). The molecule has 168 valence electrons. The van der Waals surface area contributed by atoms with E-state index in [-0.39, 0.29) is 17.9 Å². The van der Waals surface area contributed by atoms with Crippen molar-refractivity contribution in [2.75, 3.05) is 12.4 Å². The van der Waals surface area contributed by atoms with Crippen LogP contribution in [0.5, 0.6) is 5.75 Å². The molecule has 0 unspecified atom stereocenters. The molecule has 0 radical (unpaired) electrons. The fraction of sp³-hybridized carbons (Fsp3) is 0.174. The number of ether oxygens (including phenoxy) is 1. The molecular weight excluding hydrogens is 440 g/mol. The highest BCUT2D eigenvalue weighted by Gasteiger charge is 2.16. The number of H-pyrrole nitrogens is 1. The second-order valence-corrected chi connectivity index (χ2v) is 8.02. The second-order valence-electron chi connectivity index (χ2n) is 7.07. The summed E-state index contributed by atoms with van der Waals surface area (Å²) in [6.45, 7) is 4.23. The lowest BCUT2D eigenvalue weighted by Crippen LogP contribution is -2.17. The van der Waals surface area contributed by atoms with Gasteiger partial charge < -0.3 is 19.6 Å². The van der Waals surface area contributed by atoms with Gasteiger partial charge in [0.25, 0.3) is 5.56 Å². The van der Waals surface area contributed by atoms with Crippen LogP contribution >= 0.6 is 11.8 Å². The topological polar surface area (TPSA) is 115 Å². The number of para-hydroxylation sites is 1. The monoisotopic (exact) mass is 462 g/mol. The van der Waals surface area contributed by atoms with Gasteiger partial charge in [0, 0.05) is 18.3 Å². The van der Waals surface area contributed by atoms with E-state index in [4.69, 9.17) is 4.74 Å². The Bertz CT molecular complexity index is 1360. The summed E-state index contributed by atoms with van der Waals surface area (Å²) < 4.78 is 7.01. The zero-order chi connectivity index (χ0) is 23.2. The fourth-order valence-electron chi connectivity index (χ4n) is 3.25. The molecule has 2 N–H and O–H groups in total. The first-order valence-electron chi connectivity index (χ1n) is 10.1. The van der Waals surface area contributed by atoms with Gasteiger partial charge in [0.1, 0.15) is 17.4 Å². The predicted octanol–water partition coefficient (Wildman–Crippen LogP) is 3.18. The Morgan fingerprint density at radius 1 is 1.24 bits per heavy atom. The van der Waals surface area contributed by atoms with Crippen molar-refractivity contribution < 1.29 is 9.53 Å². The lowest BCUT2D eigenvalue weighted by molar-refractivity contribution is -0.115. The first-order valence-corrected chi connectivity index (χ1v) is 11.1. The number of thioether (sulfide) groups is 1. The maximum absolute atomic E-state index is 12.6. The third-order valence-corrected chi connectivity index (χ3v) is 5.76. The van der Waals surface area contributed by atoms with Crippen LogP contribution in [0.3, 0.4) is 0 Å². The average Bonchev–Trinajstić information content (AvgIpc) is 3.19. The lowest BCUT2D eigenvalue weighted by atomic mass is 10.2. The molecule has 0 fully saturated rings. The van der Waals surface area contributed by atoms with Gasteiger partial charge >= 0.3 is 0 Å². The number of fused-ring (bicyclic) bond motifs is 1. The van der Waals surface area contributed by atoms with E-state index >= 15 is 0 Å². The van der Waals surface area contributed by atoms with Crippen molar-refractivity contribution in [3.05, 3.63) is 83.2 Å². The lowest BCUT2D eigenvalue weighted by Gasteiger charge is -2.09. The average molecular weight is 463 g/mol. The minimum absolute atomic E-state index is 0.0453. The van der Waals surface area contributed by atoms with Gasteiger partial charge in [0.15, 0.2) is 5.16 Å². The van der Waals surface area contributed by atoms with E-state index in [1.165, 1.54) is 11.8 Å². The van der Waals surface area contributed by atoms with Crippen molar-refractivity contribution in [3.8, 4) is 5.75 Å². The summed E-state index contributed by atoms with van der Waals surface area (Å²) in [4.78, 5) is 32.2. The zero-order valence-corrected chi connectivity index (χ0v) is 18.8.